The molecular weight excluding hydrogens is 184 g/mol. The van der Waals surface area contributed by atoms with E-state index in [1.54, 1.807) is 6.92 Å². The summed E-state index contributed by atoms with van der Waals surface area (Å²) in [6.45, 7) is 5.71. The summed E-state index contributed by atoms with van der Waals surface area (Å²) in [5, 5.41) is 2.38. The minimum absolute atomic E-state index is 0.140. The van der Waals surface area contributed by atoms with E-state index in [9.17, 15) is 4.79 Å². The van der Waals surface area contributed by atoms with Crippen LogP contribution < -0.4 is 0 Å². The van der Waals surface area contributed by atoms with Crippen molar-refractivity contribution in [2.75, 3.05) is 0 Å². The van der Waals surface area contributed by atoms with Gasteiger partial charge in [0.15, 0.2) is 5.78 Å². The zero-order valence-electron chi connectivity index (χ0n) is 9.29. The van der Waals surface area contributed by atoms with Crippen LogP contribution >= 0.6 is 0 Å². The topological polar surface area (TPSA) is 17.1 Å². The molecule has 76 valence electrons. The summed E-state index contributed by atoms with van der Waals surface area (Å²) >= 11 is 0. The molecule has 0 amide bonds. The maximum absolute atomic E-state index is 11.5. The summed E-state index contributed by atoms with van der Waals surface area (Å²) in [6, 6.07) is 10.2. The van der Waals surface area contributed by atoms with E-state index in [1.807, 2.05) is 31.2 Å². The Hall–Kier alpha value is -1.63. The molecule has 0 unspecified atom stereocenters. The van der Waals surface area contributed by atoms with Crippen LogP contribution in [0.3, 0.4) is 0 Å². The van der Waals surface area contributed by atoms with Crippen molar-refractivity contribution in [1.29, 1.82) is 0 Å². The highest BCUT2D eigenvalue weighted by molar-refractivity contribution is 6.01. The first-order valence-electron chi connectivity index (χ1n) is 5.11. The predicted molar refractivity (Wildman–Crippen MR) is 63.4 cm³/mol. The fourth-order valence-corrected chi connectivity index (χ4v) is 2.00. The average Bonchev–Trinajstić information content (AvgIpc) is 2.23. The van der Waals surface area contributed by atoms with Crippen LogP contribution in [0.2, 0.25) is 0 Å². The third-order valence-electron chi connectivity index (χ3n) is 3.01. The Morgan fingerprint density at radius 1 is 1.07 bits per heavy atom. The van der Waals surface area contributed by atoms with Gasteiger partial charge in [-0.1, -0.05) is 24.3 Å². The highest BCUT2D eigenvalue weighted by Gasteiger charge is 2.09. The SMILES string of the molecule is CC(=O)c1cc2ccccc2c(C)c1C. The fraction of sp³-hybridized carbons (Fsp3) is 0.214. The molecule has 0 fully saturated rings. The lowest BCUT2D eigenvalue weighted by molar-refractivity contribution is 0.101. The number of ketones is 1. The molecule has 0 heterocycles. The van der Waals surface area contributed by atoms with Gasteiger partial charge in [-0.05, 0) is 48.7 Å². The van der Waals surface area contributed by atoms with Crippen LogP contribution in [0.25, 0.3) is 10.8 Å². The third-order valence-corrected chi connectivity index (χ3v) is 3.01. The Bertz CT molecular complexity index is 538. The molecule has 1 heteroatoms. The van der Waals surface area contributed by atoms with Crippen LogP contribution in [0, 0.1) is 13.8 Å². The van der Waals surface area contributed by atoms with Crippen LogP contribution in [-0.4, -0.2) is 5.78 Å². The van der Waals surface area contributed by atoms with Crippen molar-refractivity contribution in [3.05, 3.63) is 47.0 Å². The second-order valence-electron chi connectivity index (χ2n) is 3.95. The highest BCUT2D eigenvalue weighted by atomic mass is 16.1. The van der Waals surface area contributed by atoms with Gasteiger partial charge in [-0.2, -0.15) is 0 Å². The first kappa shape index (κ1) is 9.91. The summed E-state index contributed by atoms with van der Waals surface area (Å²) < 4.78 is 0. The number of hydrogen-bond acceptors (Lipinski definition) is 1. The Balaban J connectivity index is 2.88. The molecule has 0 radical (unpaired) electrons. The standard InChI is InChI=1S/C14H14O/c1-9-10(2)14(11(3)15)8-12-6-4-5-7-13(9)12/h4-8H,1-3H3. The van der Waals surface area contributed by atoms with Crippen LogP contribution in [0.15, 0.2) is 30.3 Å². The largest absolute Gasteiger partial charge is 0.295 e. The van der Waals surface area contributed by atoms with Gasteiger partial charge in [0.25, 0.3) is 0 Å². The first-order chi connectivity index (χ1) is 7.11. The van der Waals surface area contributed by atoms with Crippen LogP contribution in [0.5, 0.6) is 0 Å². The molecule has 0 saturated carbocycles. The van der Waals surface area contributed by atoms with Gasteiger partial charge in [0, 0.05) is 5.56 Å². The lowest BCUT2D eigenvalue weighted by Crippen LogP contribution is -1.98. The Labute approximate surface area is 89.7 Å². The quantitative estimate of drug-likeness (QED) is 0.639. The molecule has 1 nitrogen and oxygen atoms in total. The van der Waals surface area contributed by atoms with Gasteiger partial charge in [0.1, 0.15) is 0 Å². The molecule has 0 N–H and O–H groups in total. The minimum atomic E-state index is 0.140. The van der Waals surface area contributed by atoms with E-state index < -0.39 is 0 Å². The lowest BCUT2D eigenvalue weighted by atomic mass is 9.94. The summed E-state index contributed by atoms with van der Waals surface area (Å²) in [4.78, 5) is 11.5. The Morgan fingerprint density at radius 3 is 2.40 bits per heavy atom. The van der Waals surface area contributed by atoms with Crippen molar-refractivity contribution in [3.8, 4) is 0 Å². The summed E-state index contributed by atoms with van der Waals surface area (Å²) in [5.41, 5.74) is 3.14. The Morgan fingerprint density at radius 2 is 1.73 bits per heavy atom. The third kappa shape index (κ3) is 1.54. The molecule has 0 atom stereocenters. The number of fused-ring (bicyclic) bond motifs is 1. The van der Waals surface area contributed by atoms with E-state index in [4.69, 9.17) is 0 Å². The van der Waals surface area contributed by atoms with Crippen molar-refractivity contribution >= 4 is 16.6 Å². The van der Waals surface area contributed by atoms with Gasteiger partial charge in [0.05, 0.1) is 0 Å². The summed E-state index contributed by atoms with van der Waals surface area (Å²) in [7, 11) is 0. The molecule has 0 aromatic heterocycles. The zero-order chi connectivity index (χ0) is 11.0. The average molecular weight is 198 g/mol. The normalized spacial score (nSPS) is 10.6. The van der Waals surface area contributed by atoms with Gasteiger partial charge in [-0.25, -0.2) is 0 Å². The molecule has 2 aromatic carbocycles. The van der Waals surface area contributed by atoms with E-state index in [0.717, 1.165) is 16.5 Å². The molecule has 15 heavy (non-hydrogen) atoms. The van der Waals surface area contributed by atoms with Crippen LogP contribution in [0.1, 0.15) is 28.4 Å². The number of Topliss-reactive ketones (excluding diaryl/α,β-unsaturated/α-hetero) is 1. The highest BCUT2D eigenvalue weighted by Crippen LogP contribution is 2.24. The van der Waals surface area contributed by atoms with Crippen molar-refractivity contribution in [2.24, 2.45) is 0 Å². The zero-order valence-corrected chi connectivity index (χ0v) is 9.29. The Kier molecular flexibility index (Phi) is 2.31. The second kappa shape index (κ2) is 3.50. The van der Waals surface area contributed by atoms with E-state index >= 15 is 0 Å². The smallest absolute Gasteiger partial charge is 0.160 e. The van der Waals surface area contributed by atoms with E-state index in [-0.39, 0.29) is 5.78 Å². The van der Waals surface area contributed by atoms with Gasteiger partial charge < -0.3 is 0 Å². The fourth-order valence-electron chi connectivity index (χ4n) is 2.00. The molecule has 2 rings (SSSR count). The molecule has 0 aliphatic rings. The molecule has 0 saturated heterocycles. The molecule has 2 aromatic rings. The van der Waals surface area contributed by atoms with Crippen LogP contribution in [-0.2, 0) is 0 Å². The van der Waals surface area contributed by atoms with Gasteiger partial charge in [-0.15, -0.1) is 0 Å². The molecule has 0 spiro atoms. The number of hydrogen-bond donors (Lipinski definition) is 0. The van der Waals surface area contributed by atoms with Gasteiger partial charge in [-0.3, -0.25) is 4.79 Å². The number of aryl methyl sites for hydroxylation is 1. The first-order valence-corrected chi connectivity index (χ1v) is 5.11. The number of carbonyl (C=O) groups excluding carboxylic acids is 1. The number of carbonyl (C=O) groups is 1. The van der Waals surface area contributed by atoms with Crippen molar-refractivity contribution in [1.82, 2.24) is 0 Å². The monoisotopic (exact) mass is 198 g/mol. The van der Waals surface area contributed by atoms with Crippen LogP contribution in [0.4, 0.5) is 0 Å². The van der Waals surface area contributed by atoms with Crippen molar-refractivity contribution in [3.63, 3.8) is 0 Å². The van der Waals surface area contributed by atoms with Gasteiger partial charge >= 0.3 is 0 Å². The maximum atomic E-state index is 11.5. The summed E-state index contributed by atoms with van der Waals surface area (Å²) in [5.74, 6) is 0.140. The number of benzene rings is 2. The second-order valence-corrected chi connectivity index (χ2v) is 3.95. The number of rotatable bonds is 1. The van der Waals surface area contributed by atoms with Crippen molar-refractivity contribution < 1.29 is 4.79 Å². The molecule has 0 aliphatic heterocycles. The summed E-state index contributed by atoms with van der Waals surface area (Å²) in [6.07, 6.45) is 0. The molecular formula is C14H14O. The van der Waals surface area contributed by atoms with E-state index in [0.29, 0.717) is 0 Å². The minimum Gasteiger partial charge on any atom is -0.295 e. The lowest BCUT2D eigenvalue weighted by Gasteiger charge is -2.10. The molecule has 0 aliphatic carbocycles. The molecule has 0 bridgehead atoms. The van der Waals surface area contributed by atoms with E-state index in [2.05, 4.69) is 13.0 Å². The van der Waals surface area contributed by atoms with E-state index in [1.165, 1.54) is 10.9 Å². The van der Waals surface area contributed by atoms with Crippen molar-refractivity contribution in [2.45, 2.75) is 20.8 Å². The predicted octanol–water partition coefficient (Wildman–Crippen LogP) is 3.66. The van der Waals surface area contributed by atoms with Gasteiger partial charge in [0.2, 0.25) is 0 Å². The maximum Gasteiger partial charge on any atom is 0.160 e.